The summed E-state index contributed by atoms with van der Waals surface area (Å²) in [6.45, 7) is 1.53. The van der Waals surface area contributed by atoms with E-state index in [2.05, 4.69) is 6.07 Å². The predicted molar refractivity (Wildman–Crippen MR) is 105 cm³/mol. The molecule has 3 heteroatoms. The second kappa shape index (κ2) is 7.43. The van der Waals surface area contributed by atoms with E-state index in [9.17, 15) is 10.1 Å². The van der Waals surface area contributed by atoms with Crippen molar-refractivity contribution in [3.05, 3.63) is 91.0 Å². The zero-order valence-electron chi connectivity index (χ0n) is 14.0. The van der Waals surface area contributed by atoms with Crippen LogP contribution < -0.4 is 15.9 Å². The molecule has 0 bridgehead atoms. The van der Waals surface area contributed by atoms with Crippen LogP contribution in [-0.2, 0) is 4.79 Å². The Morgan fingerprint density at radius 3 is 1.32 bits per heavy atom. The van der Waals surface area contributed by atoms with Crippen LogP contribution in [0.1, 0.15) is 6.92 Å². The molecule has 0 aliphatic rings. The summed E-state index contributed by atoms with van der Waals surface area (Å²) >= 11 is 0. The Hall–Kier alpha value is -2.75. The largest absolute Gasteiger partial charge is 0.294 e. The molecular weight excluding hydrogens is 325 g/mol. The normalized spacial score (nSPS) is 12.2. The first-order chi connectivity index (χ1) is 12.2. The number of Topliss-reactive ketones (excluding diaryl/α,β-unsaturated/α-hetero) is 1. The minimum absolute atomic E-state index is 0.0904. The summed E-state index contributed by atoms with van der Waals surface area (Å²) in [6, 6.07) is 32.3. The molecule has 0 saturated heterocycles. The summed E-state index contributed by atoms with van der Waals surface area (Å²) in [5.41, 5.74) is -0.709. The number of carbonyl (C=O) groups is 1. The first-order valence-corrected chi connectivity index (χ1v) is 10.0. The molecule has 122 valence electrons. The SMILES string of the molecule is CC(=O)C(C#N)[P+](c1ccccc1)(c1ccccc1)c1ccccc1. The molecule has 0 aliphatic heterocycles. The molecule has 3 aromatic carbocycles. The highest BCUT2D eigenvalue weighted by molar-refractivity contribution is 7.97. The summed E-state index contributed by atoms with van der Waals surface area (Å²) in [5.74, 6) is -0.0904. The van der Waals surface area contributed by atoms with Crippen LogP contribution in [0.25, 0.3) is 0 Å². The van der Waals surface area contributed by atoms with Crippen molar-refractivity contribution in [1.82, 2.24) is 0 Å². The molecular formula is C22H19NOP+. The van der Waals surface area contributed by atoms with Crippen LogP contribution in [0.5, 0.6) is 0 Å². The summed E-state index contributed by atoms with van der Waals surface area (Å²) in [7, 11) is -2.43. The van der Waals surface area contributed by atoms with Crippen LogP contribution in [0, 0.1) is 11.3 Å². The maximum atomic E-state index is 12.5. The van der Waals surface area contributed by atoms with E-state index in [1.807, 2.05) is 91.0 Å². The second-order valence-corrected chi connectivity index (χ2v) is 9.38. The molecule has 1 unspecified atom stereocenters. The average molecular weight is 344 g/mol. The molecule has 25 heavy (non-hydrogen) atoms. The number of nitrogens with zero attached hydrogens (tertiary/aromatic N) is 1. The Labute approximate surface area is 149 Å². The van der Waals surface area contributed by atoms with Crippen molar-refractivity contribution in [3.8, 4) is 6.07 Å². The Bertz CT molecular complexity index is 789. The molecule has 0 saturated carbocycles. The van der Waals surface area contributed by atoms with Gasteiger partial charge in [0.25, 0.3) is 0 Å². The molecule has 3 aromatic rings. The van der Waals surface area contributed by atoms with E-state index in [4.69, 9.17) is 0 Å². The number of ketones is 1. The fraction of sp³-hybridized carbons (Fsp3) is 0.0909. The zero-order valence-corrected chi connectivity index (χ0v) is 14.9. The van der Waals surface area contributed by atoms with Gasteiger partial charge in [0.05, 0.1) is 0 Å². The molecule has 0 fully saturated rings. The maximum absolute atomic E-state index is 12.5. The first-order valence-electron chi connectivity index (χ1n) is 8.17. The lowest BCUT2D eigenvalue weighted by Gasteiger charge is -2.29. The molecule has 0 radical (unpaired) electrons. The number of hydrogen-bond acceptors (Lipinski definition) is 2. The van der Waals surface area contributed by atoms with Crippen LogP contribution in [0.3, 0.4) is 0 Å². The molecule has 0 amide bonds. The lowest BCUT2D eigenvalue weighted by molar-refractivity contribution is -0.115. The third-order valence-electron chi connectivity index (χ3n) is 4.39. The van der Waals surface area contributed by atoms with Gasteiger partial charge in [0, 0.05) is 0 Å². The molecule has 0 heterocycles. The summed E-state index contributed by atoms with van der Waals surface area (Å²) in [6.07, 6.45) is 0. The fourth-order valence-electron chi connectivity index (χ4n) is 3.33. The maximum Gasteiger partial charge on any atom is 0.225 e. The standard InChI is InChI=1S/C22H19NOP/c1-18(24)22(17-23)25(19-11-5-2-6-12-19,20-13-7-3-8-14-20)21-15-9-4-10-16-21/h2-16,22H,1H3/q+1. The van der Waals surface area contributed by atoms with Crippen LogP contribution in [0.15, 0.2) is 91.0 Å². The Morgan fingerprint density at radius 1 is 0.760 bits per heavy atom. The smallest absolute Gasteiger partial charge is 0.225 e. The Morgan fingerprint density at radius 2 is 1.08 bits per heavy atom. The van der Waals surface area contributed by atoms with E-state index in [1.54, 1.807) is 0 Å². The third kappa shape index (κ3) is 3.00. The minimum atomic E-state index is -2.43. The van der Waals surface area contributed by atoms with Crippen molar-refractivity contribution in [2.45, 2.75) is 12.6 Å². The van der Waals surface area contributed by atoms with Gasteiger partial charge in [-0.3, -0.25) is 4.79 Å². The van der Waals surface area contributed by atoms with Crippen LogP contribution in [0.2, 0.25) is 0 Å². The van der Waals surface area contributed by atoms with E-state index in [1.165, 1.54) is 6.92 Å². The molecule has 0 spiro atoms. The van der Waals surface area contributed by atoms with E-state index < -0.39 is 12.9 Å². The van der Waals surface area contributed by atoms with Gasteiger partial charge in [-0.25, -0.2) is 0 Å². The van der Waals surface area contributed by atoms with Crippen molar-refractivity contribution in [1.29, 1.82) is 5.26 Å². The number of benzene rings is 3. The molecule has 0 aliphatic carbocycles. The highest BCUT2D eigenvalue weighted by Gasteiger charge is 2.54. The lowest BCUT2D eigenvalue weighted by atomic mass is 10.3. The highest BCUT2D eigenvalue weighted by atomic mass is 31.2. The zero-order chi connectivity index (χ0) is 17.7. The van der Waals surface area contributed by atoms with E-state index in [0.29, 0.717) is 0 Å². The highest BCUT2D eigenvalue weighted by Crippen LogP contribution is 2.59. The number of rotatable bonds is 5. The van der Waals surface area contributed by atoms with Crippen molar-refractivity contribution >= 4 is 29.0 Å². The van der Waals surface area contributed by atoms with Gasteiger partial charge in [0.2, 0.25) is 5.66 Å². The third-order valence-corrected chi connectivity index (χ3v) is 8.98. The number of hydrogen-bond donors (Lipinski definition) is 0. The second-order valence-electron chi connectivity index (χ2n) is 5.87. The lowest BCUT2D eigenvalue weighted by Crippen LogP contribution is -2.41. The van der Waals surface area contributed by atoms with Crippen molar-refractivity contribution in [2.24, 2.45) is 0 Å². The summed E-state index contributed by atoms with van der Waals surface area (Å²) < 4.78 is 0. The van der Waals surface area contributed by atoms with Gasteiger partial charge in [-0.05, 0) is 43.3 Å². The average Bonchev–Trinajstić information content (AvgIpc) is 2.68. The van der Waals surface area contributed by atoms with E-state index in [0.717, 1.165) is 15.9 Å². The van der Waals surface area contributed by atoms with Crippen molar-refractivity contribution < 1.29 is 4.79 Å². The van der Waals surface area contributed by atoms with Crippen molar-refractivity contribution in [2.75, 3.05) is 0 Å². The summed E-state index contributed by atoms with van der Waals surface area (Å²) in [4.78, 5) is 12.5. The fourth-order valence-corrected chi connectivity index (χ4v) is 7.77. The van der Waals surface area contributed by atoms with Crippen LogP contribution in [-0.4, -0.2) is 11.4 Å². The molecule has 0 aromatic heterocycles. The predicted octanol–water partition coefficient (Wildman–Crippen LogP) is 3.46. The van der Waals surface area contributed by atoms with Gasteiger partial charge < -0.3 is 0 Å². The molecule has 2 nitrogen and oxygen atoms in total. The Balaban J connectivity index is 2.44. The monoisotopic (exact) mass is 344 g/mol. The molecule has 3 rings (SSSR count). The quantitative estimate of drug-likeness (QED) is 0.665. The topological polar surface area (TPSA) is 40.9 Å². The van der Waals surface area contributed by atoms with Gasteiger partial charge in [-0.15, -0.1) is 0 Å². The number of nitriles is 1. The Kier molecular flexibility index (Phi) is 5.08. The van der Waals surface area contributed by atoms with Crippen molar-refractivity contribution in [3.63, 3.8) is 0 Å². The van der Waals surface area contributed by atoms with Crippen LogP contribution in [0.4, 0.5) is 0 Å². The first kappa shape index (κ1) is 17.1. The van der Waals surface area contributed by atoms with Gasteiger partial charge >= 0.3 is 0 Å². The van der Waals surface area contributed by atoms with Gasteiger partial charge in [0.1, 0.15) is 29.2 Å². The van der Waals surface area contributed by atoms with Gasteiger partial charge in [0.15, 0.2) is 5.78 Å². The van der Waals surface area contributed by atoms with E-state index in [-0.39, 0.29) is 5.78 Å². The van der Waals surface area contributed by atoms with Gasteiger partial charge in [-0.2, -0.15) is 5.26 Å². The molecule has 0 N–H and O–H groups in total. The van der Waals surface area contributed by atoms with Gasteiger partial charge in [-0.1, -0.05) is 54.6 Å². The summed E-state index contributed by atoms with van der Waals surface area (Å²) in [5, 5.41) is 13.1. The minimum Gasteiger partial charge on any atom is -0.294 e. The number of carbonyl (C=O) groups excluding carboxylic acids is 1. The molecule has 1 atom stereocenters. The van der Waals surface area contributed by atoms with Crippen LogP contribution >= 0.6 is 7.26 Å². The van der Waals surface area contributed by atoms with E-state index >= 15 is 0 Å².